The first-order chi connectivity index (χ1) is 14.1. The van der Waals surface area contributed by atoms with Gasteiger partial charge in [-0.2, -0.15) is 0 Å². The van der Waals surface area contributed by atoms with Crippen LogP contribution in [0.5, 0.6) is 0 Å². The molecule has 5 rings (SSSR count). The van der Waals surface area contributed by atoms with E-state index in [1.165, 1.54) is 6.07 Å². The number of pyridine rings is 1. The number of halogens is 1. The van der Waals surface area contributed by atoms with Gasteiger partial charge in [0, 0.05) is 23.0 Å². The predicted molar refractivity (Wildman–Crippen MR) is 110 cm³/mol. The Hall–Kier alpha value is -3.47. The molecule has 1 fully saturated rings. The molecular weight excluding hydrogens is 367 g/mol. The summed E-state index contributed by atoms with van der Waals surface area (Å²) in [5.41, 5.74) is 5.15. The maximum absolute atomic E-state index is 14.8. The summed E-state index contributed by atoms with van der Waals surface area (Å²) in [5.74, 6) is -0.915. The summed E-state index contributed by atoms with van der Waals surface area (Å²) in [6, 6.07) is 18.4. The summed E-state index contributed by atoms with van der Waals surface area (Å²) in [4.78, 5) is 19.0. The van der Waals surface area contributed by atoms with E-state index in [1.807, 2.05) is 36.4 Å². The molecule has 0 amide bonds. The second-order valence-corrected chi connectivity index (χ2v) is 7.53. The molecule has 0 bridgehead atoms. The molecule has 0 spiro atoms. The van der Waals surface area contributed by atoms with Crippen LogP contribution < -0.4 is 0 Å². The predicted octanol–water partition coefficient (Wildman–Crippen LogP) is 5.54. The Morgan fingerprint density at radius 3 is 2.62 bits per heavy atom. The molecule has 1 saturated carbocycles. The number of aromatic amines is 1. The molecule has 0 atom stereocenters. The summed E-state index contributed by atoms with van der Waals surface area (Å²) < 4.78 is 14.8. The summed E-state index contributed by atoms with van der Waals surface area (Å²) in [6.07, 6.45) is 2.48. The highest BCUT2D eigenvalue weighted by atomic mass is 19.1. The van der Waals surface area contributed by atoms with Crippen LogP contribution in [-0.4, -0.2) is 21.0 Å². The van der Waals surface area contributed by atoms with E-state index in [4.69, 9.17) is 0 Å². The molecule has 0 aliphatic heterocycles. The number of aromatic carboxylic acids is 1. The summed E-state index contributed by atoms with van der Waals surface area (Å²) in [6.45, 7) is 0. The largest absolute Gasteiger partial charge is 0.477 e. The van der Waals surface area contributed by atoms with Crippen molar-refractivity contribution in [1.82, 2.24) is 9.97 Å². The van der Waals surface area contributed by atoms with Gasteiger partial charge in [-0.3, -0.25) is 0 Å². The fraction of sp³-hybridized carbons (Fsp3) is 0.167. The zero-order valence-corrected chi connectivity index (χ0v) is 15.7. The van der Waals surface area contributed by atoms with Crippen LogP contribution in [0.2, 0.25) is 0 Å². The van der Waals surface area contributed by atoms with Gasteiger partial charge in [0.2, 0.25) is 0 Å². The smallest absolute Gasteiger partial charge is 0.354 e. The fourth-order valence-corrected chi connectivity index (χ4v) is 3.91. The Morgan fingerprint density at radius 1 is 1.10 bits per heavy atom. The molecule has 1 aliphatic rings. The van der Waals surface area contributed by atoms with Crippen LogP contribution in [0.1, 0.15) is 46.1 Å². The van der Waals surface area contributed by atoms with Crippen molar-refractivity contribution in [1.29, 1.82) is 0 Å². The zero-order chi connectivity index (χ0) is 20.0. The third-order valence-corrected chi connectivity index (χ3v) is 5.49. The molecule has 5 heteroatoms. The summed E-state index contributed by atoms with van der Waals surface area (Å²) >= 11 is 0. The van der Waals surface area contributed by atoms with Crippen molar-refractivity contribution in [3.63, 3.8) is 0 Å². The van der Waals surface area contributed by atoms with Crippen molar-refractivity contribution >= 4 is 16.9 Å². The van der Waals surface area contributed by atoms with E-state index in [1.54, 1.807) is 18.2 Å². The van der Waals surface area contributed by atoms with Gasteiger partial charge in [0.15, 0.2) is 0 Å². The number of nitrogens with zero attached hydrogens (tertiary/aromatic N) is 1. The van der Waals surface area contributed by atoms with Crippen LogP contribution in [0, 0.1) is 5.82 Å². The van der Waals surface area contributed by atoms with Gasteiger partial charge in [-0.25, -0.2) is 14.2 Å². The monoisotopic (exact) mass is 386 g/mol. The van der Waals surface area contributed by atoms with Crippen LogP contribution in [0.4, 0.5) is 4.39 Å². The number of carbonyl (C=O) groups is 1. The minimum atomic E-state index is -1.06. The van der Waals surface area contributed by atoms with Crippen LogP contribution in [0.15, 0.2) is 60.7 Å². The topological polar surface area (TPSA) is 66.0 Å². The molecule has 4 nitrogen and oxygen atoms in total. The second-order valence-electron chi connectivity index (χ2n) is 7.53. The molecule has 2 heterocycles. The van der Waals surface area contributed by atoms with Crippen molar-refractivity contribution in [3.8, 4) is 11.3 Å². The molecule has 2 aromatic carbocycles. The van der Waals surface area contributed by atoms with Gasteiger partial charge >= 0.3 is 5.97 Å². The van der Waals surface area contributed by atoms with E-state index in [9.17, 15) is 14.3 Å². The molecule has 2 N–H and O–H groups in total. The van der Waals surface area contributed by atoms with Gasteiger partial charge < -0.3 is 10.1 Å². The lowest BCUT2D eigenvalue weighted by atomic mass is 9.99. The molecule has 2 aromatic heterocycles. The minimum absolute atomic E-state index is 0.00537. The van der Waals surface area contributed by atoms with Crippen molar-refractivity contribution < 1.29 is 14.3 Å². The van der Waals surface area contributed by atoms with E-state index >= 15 is 0 Å². The minimum Gasteiger partial charge on any atom is -0.477 e. The van der Waals surface area contributed by atoms with Crippen molar-refractivity contribution in [3.05, 3.63) is 89.0 Å². The number of hydrogen-bond donors (Lipinski definition) is 2. The van der Waals surface area contributed by atoms with Crippen molar-refractivity contribution in [2.24, 2.45) is 0 Å². The first-order valence-electron chi connectivity index (χ1n) is 9.69. The van der Waals surface area contributed by atoms with Gasteiger partial charge in [-0.1, -0.05) is 36.4 Å². The van der Waals surface area contributed by atoms with Gasteiger partial charge in [-0.15, -0.1) is 0 Å². The standard InChI is InChI=1S/C24H19FN2O2/c25-20-12-18-19(11-16-7-4-8-21(26-16)24(28)29)23(15-5-2-1-3-6-15)27-22(18)13-17(20)14-9-10-14/h1-8,12-14,27H,9-11H2,(H,28,29). The number of nitrogens with one attached hydrogen (secondary N) is 1. The molecule has 144 valence electrons. The highest BCUT2D eigenvalue weighted by Crippen LogP contribution is 2.43. The molecule has 0 unspecified atom stereocenters. The second kappa shape index (κ2) is 6.85. The number of aromatic nitrogens is 2. The lowest BCUT2D eigenvalue weighted by molar-refractivity contribution is 0.0690. The highest BCUT2D eigenvalue weighted by Gasteiger charge is 2.28. The number of carboxylic acids is 1. The number of H-pyrrole nitrogens is 1. The van der Waals surface area contributed by atoms with E-state index in [-0.39, 0.29) is 11.5 Å². The third kappa shape index (κ3) is 3.29. The number of benzene rings is 2. The first kappa shape index (κ1) is 17.6. The normalized spacial score (nSPS) is 13.7. The van der Waals surface area contributed by atoms with Gasteiger partial charge in [0.05, 0.1) is 5.69 Å². The van der Waals surface area contributed by atoms with Gasteiger partial charge in [-0.05, 0) is 59.7 Å². The molecule has 29 heavy (non-hydrogen) atoms. The SMILES string of the molecule is O=C(O)c1cccc(Cc2c(-c3ccccc3)[nH]c3cc(C4CC4)c(F)cc23)n1. The number of carboxylic acid groups (broad SMARTS) is 1. The van der Waals surface area contributed by atoms with Crippen molar-refractivity contribution in [2.45, 2.75) is 25.2 Å². The van der Waals surface area contributed by atoms with Crippen molar-refractivity contribution in [2.75, 3.05) is 0 Å². The Morgan fingerprint density at radius 2 is 1.90 bits per heavy atom. The summed E-state index contributed by atoms with van der Waals surface area (Å²) in [5, 5.41) is 10.1. The Balaban J connectivity index is 1.68. The van der Waals surface area contributed by atoms with Gasteiger partial charge in [0.1, 0.15) is 11.5 Å². The third-order valence-electron chi connectivity index (χ3n) is 5.49. The lowest BCUT2D eigenvalue weighted by Gasteiger charge is -2.07. The van der Waals surface area contributed by atoms with Crippen LogP contribution >= 0.6 is 0 Å². The van der Waals surface area contributed by atoms with E-state index in [0.717, 1.165) is 46.1 Å². The molecule has 0 saturated heterocycles. The molecular formula is C24H19FN2O2. The number of hydrogen-bond acceptors (Lipinski definition) is 2. The Bertz CT molecular complexity index is 1230. The lowest BCUT2D eigenvalue weighted by Crippen LogP contribution is -2.03. The average molecular weight is 386 g/mol. The fourth-order valence-electron chi connectivity index (χ4n) is 3.91. The van der Waals surface area contributed by atoms with Gasteiger partial charge in [0.25, 0.3) is 0 Å². The quantitative estimate of drug-likeness (QED) is 0.474. The first-order valence-corrected chi connectivity index (χ1v) is 9.69. The van der Waals surface area contributed by atoms with E-state index < -0.39 is 5.97 Å². The number of fused-ring (bicyclic) bond motifs is 1. The highest BCUT2D eigenvalue weighted by molar-refractivity contribution is 5.92. The average Bonchev–Trinajstić information content (AvgIpc) is 3.52. The molecule has 0 radical (unpaired) electrons. The van der Waals surface area contributed by atoms with E-state index in [2.05, 4.69) is 9.97 Å². The molecule has 4 aromatic rings. The van der Waals surface area contributed by atoms with E-state index in [0.29, 0.717) is 18.0 Å². The zero-order valence-electron chi connectivity index (χ0n) is 15.7. The Kier molecular flexibility index (Phi) is 4.16. The number of rotatable bonds is 5. The maximum atomic E-state index is 14.8. The summed E-state index contributed by atoms with van der Waals surface area (Å²) in [7, 11) is 0. The molecule has 1 aliphatic carbocycles. The maximum Gasteiger partial charge on any atom is 0.354 e. The van der Waals surface area contributed by atoms with Crippen LogP contribution in [0.3, 0.4) is 0 Å². The van der Waals surface area contributed by atoms with Crippen LogP contribution in [-0.2, 0) is 6.42 Å². The van der Waals surface area contributed by atoms with Crippen LogP contribution in [0.25, 0.3) is 22.2 Å². The Labute approximate surface area is 167 Å².